The van der Waals surface area contributed by atoms with Gasteiger partial charge in [-0.1, -0.05) is 27.2 Å². The number of likely N-dealkylation sites (tertiary alicyclic amines) is 1. The van der Waals surface area contributed by atoms with Crippen LogP contribution in [0.15, 0.2) is 10.5 Å². The van der Waals surface area contributed by atoms with E-state index in [9.17, 15) is 0 Å². The average Bonchev–Trinajstić information content (AvgIpc) is 2.95. The number of aryl methyl sites for hydroxylation is 1. The Balaban J connectivity index is 1.90. The van der Waals surface area contributed by atoms with E-state index in [1.54, 1.807) is 0 Å². The Kier molecular flexibility index (Phi) is 5.06. The summed E-state index contributed by atoms with van der Waals surface area (Å²) in [6.45, 7) is 13.1. The van der Waals surface area contributed by atoms with Gasteiger partial charge >= 0.3 is 0 Å². The van der Waals surface area contributed by atoms with E-state index >= 15 is 0 Å². The molecule has 0 spiro atoms. The van der Waals surface area contributed by atoms with Crippen molar-refractivity contribution in [3.63, 3.8) is 0 Å². The van der Waals surface area contributed by atoms with Crippen molar-refractivity contribution in [3.05, 3.63) is 23.2 Å². The fourth-order valence-corrected chi connectivity index (χ4v) is 2.77. The minimum atomic E-state index is 0.498. The van der Waals surface area contributed by atoms with Crippen LogP contribution in [-0.4, -0.2) is 24.0 Å². The molecule has 0 aliphatic carbocycles. The zero-order valence-corrected chi connectivity index (χ0v) is 12.8. The van der Waals surface area contributed by atoms with Crippen molar-refractivity contribution in [1.29, 1.82) is 0 Å². The second-order valence-electron chi connectivity index (χ2n) is 6.13. The van der Waals surface area contributed by atoms with Crippen molar-refractivity contribution < 1.29 is 4.42 Å². The SMILES string of the molecule is CCC1CCN(Cc2cc(CNC(C)C)oc2C)C1. The first kappa shape index (κ1) is 14.6. The first-order valence-corrected chi connectivity index (χ1v) is 7.62. The van der Waals surface area contributed by atoms with Crippen molar-refractivity contribution in [2.24, 2.45) is 5.92 Å². The Labute approximate surface area is 117 Å². The molecule has 0 amide bonds. The normalized spacial score (nSPS) is 20.6. The summed E-state index contributed by atoms with van der Waals surface area (Å²) in [5.41, 5.74) is 1.36. The molecule has 108 valence electrons. The second-order valence-corrected chi connectivity index (χ2v) is 6.13. The van der Waals surface area contributed by atoms with E-state index in [-0.39, 0.29) is 0 Å². The maximum absolute atomic E-state index is 5.84. The van der Waals surface area contributed by atoms with Crippen molar-refractivity contribution in [2.45, 2.75) is 59.7 Å². The Morgan fingerprint density at radius 2 is 2.26 bits per heavy atom. The lowest BCUT2D eigenvalue weighted by Gasteiger charge is -2.14. The van der Waals surface area contributed by atoms with Gasteiger partial charge in [0.05, 0.1) is 6.54 Å². The molecule has 3 nitrogen and oxygen atoms in total. The summed E-state index contributed by atoms with van der Waals surface area (Å²) < 4.78 is 5.84. The van der Waals surface area contributed by atoms with E-state index in [1.807, 2.05) is 0 Å². The molecule has 0 aromatic carbocycles. The predicted octanol–water partition coefficient (Wildman–Crippen LogP) is 3.32. The molecule has 1 saturated heterocycles. The molecule has 0 bridgehead atoms. The molecular formula is C16H28N2O. The van der Waals surface area contributed by atoms with Gasteiger partial charge < -0.3 is 9.73 Å². The Morgan fingerprint density at radius 3 is 2.89 bits per heavy atom. The van der Waals surface area contributed by atoms with Crippen LogP contribution in [0.3, 0.4) is 0 Å². The molecule has 1 fully saturated rings. The third kappa shape index (κ3) is 4.08. The Bertz CT molecular complexity index is 397. The average molecular weight is 264 g/mol. The second kappa shape index (κ2) is 6.58. The van der Waals surface area contributed by atoms with Gasteiger partial charge in [-0.25, -0.2) is 0 Å². The monoisotopic (exact) mass is 264 g/mol. The first-order chi connectivity index (χ1) is 9.08. The van der Waals surface area contributed by atoms with Gasteiger partial charge in [-0.15, -0.1) is 0 Å². The van der Waals surface area contributed by atoms with Gasteiger partial charge in [-0.3, -0.25) is 4.90 Å². The van der Waals surface area contributed by atoms with Crippen molar-refractivity contribution >= 4 is 0 Å². The van der Waals surface area contributed by atoms with Gasteiger partial charge in [0.1, 0.15) is 11.5 Å². The smallest absolute Gasteiger partial charge is 0.118 e. The molecule has 1 unspecified atom stereocenters. The van der Waals surface area contributed by atoms with Crippen LogP contribution in [0.5, 0.6) is 0 Å². The maximum Gasteiger partial charge on any atom is 0.118 e. The number of nitrogens with one attached hydrogen (secondary N) is 1. The van der Waals surface area contributed by atoms with Crippen LogP contribution in [0, 0.1) is 12.8 Å². The fraction of sp³-hybridized carbons (Fsp3) is 0.750. The van der Waals surface area contributed by atoms with E-state index in [4.69, 9.17) is 4.42 Å². The van der Waals surface area contributed by atoms with Crippen LogP contribution in [0.4, 0.5) is 0 Å². The summed E-state index contributed by atoms with van der Waals surface area (Å²) in [6, 6.07) is 2.72. The molecule has 1 atom stereocenters. The molecular weight excluding hydrogens is 236 g/mol. The molecule has 19 heavy (non-hydrogen) atoms. The molecule has 1 aliphatic heterocycles. The minimum absolute atomic E-state index is 0.498. The van der Waals surface area contributed by atoms with Gasteiger partial charge in [-0.05, 0) is 31.9 Å². The zero-order chi connectivity index (χ0) is 13.8. The lowest BCUT2D eigenvalue weighted by Crippen LogP contribution is -2.21. The topological polar surface area (TPSA) is 28.4 Å². The largest absolute Gasteiger partial charge is 0.465 e. The van der Waals surface area contributed by atoms with Crippen LogP contribution in [0.1, 0.15) is 50.7 Å². The highest BCUT2D eigenvalue weighted by atomic mass is 16.3. The summed E-state index contributed by atoms with van der Waals surface area (Å²) in [7, 11) is 0. The van der Waals surface area contributed by atoms with E-state index in [0.29, 0.717) is 6.04 Å². The lowest BCUT2D eigenvalue weighted by atomic mass is 10.1. The molecule has 0 saturated carbocycles. The zero-order valence-electron chi connectivity index (χ0n) is 12.8. The molecule has 1 aromatic heterocycles. The standard InChI is InChI=1S/C16H28N2O/c1-5-14-6-7-18(10-14)11-15-8-16(19-13(15)4)9-17-12(2)3/h8,12,14,17H,5-7,9-11H2,1-4H3. The van der Waals surface area contributed by atoms with Gasteiger partial charge in [-0.2, -0.15) is 0 Å². The highest BCUT2D eigenvalue weighted by Gasteiger charge is 2.22. The quantitative estimate of drug-likeness (QED) is 0.854. The summed E-state index contributed by atoms with van der Waals surface area (Å²) in [5, 5.41) is 3.40. The summed E-state index contributed by atoms with van der Waals surface area (Å²) >= 11 is 0. The molecule has 2 rings (SSSR count). The van der Waals surface area contributed by atoms with Gasteiger partial charge in [0.15, 0.2) is 0 Å². The lowest BCUT2D eigenvalue weighted by molar-refractivity contribution is 0.312. The number of furan rings is 1. The third-order valence-electron chi connectivity index (χ3n) is 4.10. The number of nitrogens with zero attached hydrogens (tertiary/aromatic N) is 1. The predicted molar refractivity (Wildman–Crippen MR) is 79.1 cm³/mol. The van der Waals surface area contributed by atoms with Crippen LogP contribution >= 0.6 is 0 Å². The molecule has 1 aromatic rings. The van der Waals surface area contributed by atoms with E-state index in [1.165, 1.54) is 31.5 Å². The Hall–Kier alpha value is -0.800. The van der Waals surface area contributed by atoms with Crippen molar-refractivity contribution in [3.8, 4) is 0 Å². The summed E-state index contributed by atoms with van der Waals surface area (Å²) in [6.07, 6.45) is 2.67. The van der Waals surface area contributed by atoms with Gasteiger partial charge in [0.2, 0.25) is 0 Å². The van der Waals surface area contributed by atoms with Crippen LogP contribution < -0.4 is 5.32 Å². The van der Waals surface area contributed by atoms with Crippen LogP contribution in [0.25, 0.3) is 0 Å². The molecule has 1 aliphatic rings. The minimum Gasteiger partial charge on any atom is -0.465 e. The van der Waals surface area contributed by atoms with Crippen molar-refractivity contribution in [1.82, 2.24) is 10.2 Å². The van der Waals surface area contributed by atoms with Crippen LogP contribution in [0.2, 0.25) is 0 Å². The molecule has 2 heterocycles. The van der Waals surface area contributed by atoms with E-state index in [2.05, 4.69) is 44.0 Å². The molecule has 0 radical (unpaired) electrons. The molecule has 3 heteroatoms. The highest BCUT2D eigenvalue weighted by molar-refractivity contribution is 5.21. The highest BCUT2D eigenvalue weighted by Crippen LogP contribution is 2.23. The number of rotatable bonds is 6. The third-order valence-corrected chi connectivity index (χ3v) is 4.10. The number of hydrogen-bond acceptors (Lipinski definition) is 3. The van der Waals surface area contributed by atoms with E-state index < -0.39 is 0 Å². The van der Waals surface area contributed by atoms with Gasteiger partial charge in [0.25, 0.3) is 0 Å². The fourth-order valence-electron chi connectivity index (χ4n) is 2.77. The van der Waals surface area contributed by atoms with Gasteiger partial charge in [0, 0.05) is 24.7 Å². The molecule has 1 N–H and O–H groups in total. The first-order valence-electron chi connectivity index (χ1n) is 7.62. The number of hydrogen-bond donors (Lipinski definition) is 1. The van der Waals surface area contributed by atoms with Crippen LogP contribution in [-0.2, 0) is 13.1 Å². The summed E-state index contributed by atoms with van der Waals surface area (Å²) in [4.78, 5) is 2.56. The maximum atomic E-state index is 5.84. The van der Waals surface area contributed by atoms with Crippen molar-refractivity contribution in [2.75, 3.05) is 13.1 Å². The summed E-state index contributed by atoms with van der Waals surface area (Å²) in [5.74, 6) is 3.04. The Morgan fingerprint density at radius 1 is 1.47 bits per heavy atom. The van der Waals surface area contributed by atoms with E-state index in [0.717, 1.165) is 30.5 Å².